The van der Waals surface area contributed by atoms with Crippen LogP contribution >= 0.6 is 11.8 Å². The van der Waals surface area contributed by atoms with E-state index in [1.165, 1.54) is 12.1 Å². The highest BCUT2D eigenvalue weighted by Crippen LogP contribution is 2.36. The number of amides is 3. The average molecular weight is 402 g/mol. The van der Waals surface area contributed by atoms with Crippen molar-refractivity contribution in [3.63, 3.8) is 0 Å². The summed E-state index contributed by atoms with van der Waals surface area (Å²) in [5.74, 6) is 0.304. The zero-order valence-electron chi connectivity index (χ0n) is 15.9. The van der Waals surface area contributed by atoms with E-state index in [-0.39, 0.29) is 30.7 Å². The highest BCUT2D eigenvalue weighted by Gasteiger charge is 2.26. The highest BCUT2D eigenvalue weighted by atomic mass is 32.2. The van der Waals surface area contributed by atoms with Crippen LogP contribution in [0.5, 0.6) is 0 Å². The molecule has 148 valence electrons. The second-order valence-electron chi connectivity index (χ2n) is 6.62. The van der Waals surface area contributed by atoms with Gasteiger partial charge in [-0.15, -0.1) is 11.8 Å². The third-order valence-corrected chi connectivity index (χ3v) is 5.32. The summed E-state index contributed by atoms with van der Waals surface area (Å²) in [6.07, 6.45) is 0.174. The van der Waals surface area contributed by atoms with Crippen molar-refractivity contribution in [2.45, 2.75) is 31.8 Å². The topological polar surface area (TPSA) is 74.3 Å². The van der Waals surface area contributed by atoms with Crippen molar-refractivity contribution in [2.75, 3.05) is 23.7 Å². The normalized spacial score (nSPS) is 13.0. The van der Waals surface area contributed by atoms with Gasteiger partial charge >= 0.3 is 6.03 Å². The first-order valence-corrected chi connectivity index (χ1v) is 10.1. The number of thioether (sulfide) groups is 1. The summed E-state index contributed by atoms with van der Waals surface area (Å²) in [6, 6.07) is 7.71. The molecule has 0 bridgehead atoms. The fourth-order valence-corrected chi connectivity index (χ4v) is 4.13. The monoisotopic (exact) mass is 402 g/mol. The molecule has 1 aromatic carbocycles. The zero-order valence-corrected chi connectivity index (χ0v) is 16.7. The molecule has 0 saturated carbocycles. The zero-order chi connectivity index (χ0) is 20.1. The molecule has 0 saturated heterocycles. The van der Waals surface area contributed by atoms with Gasteiger partial charge in [-0.25, -0.2) is 14.2 Å². The maximum atomic E-state index is 12.9. The van der Waals surface area contributed by atoms with Gasteiger partial charge in [0.15, 0.2) is 0 Å². The van der Waals surface area contributed by atoms with Crippen LogP contribution in [0.4, 0.5) is 14.9 Å². The first-order valence-electron chi connectivity index (χ1n) is 9.11. The summed E-state index contributed by atoms with van der Waals surface area (Å²) in [6.45, 7) is 5.09. The number of hydrogen-bond donors (Lipinski definition) is 2. The van der Waals surface area contributed by atoms with E-state index in [9.17, 15) is 14.0 Å². The molecule has 0 fully saturated rings. The van der Waals surface area contributed by atoms with Gasteiger partial charge < -0.3 is 10.6 Å². The highest BCUT2D eigenvalue weighted by molar-refractivity contribution is 7.99. The molecule has 0 radical (unpaired) electrons. The summed E-state index contributed by atoms with van der Waals surface area (Å²) in [5, 5.41) is 6.45. The molecule has 2 heterocycles. The van der Waals surface area contributed by atoms with E-state index in [0.29, 0.717) is 13.1 Å². The van der Waals surface area contributed by atoms with Crippen LogP contribution in [-0.4, -0.2) is 35.8 Å². The van der Waals surface area contributed by atoms with Gasteiger partial charge in [-0.05, 0) is 43.2 Å². The van der Waals surface area contributed by atoms with Gasteiger partial charge in [-0.1, -0.05) is 12.1 Å². The van der Waals surface area contributed by atoms with E-state index >= 15 is 0 Å². The predicted octanol–water partition coefficient (Wildman–Crippen LogP) is 3.17. The number of fused-ring (bicyclic) bond motifs is 1. The van der Waals surface area contributed by atoms with Crippen molar-refractivity contribution in [3.8, 4) is 0 Å². The lowest BCUT2D eigenvalue weighted by Gasteiger charge is -2.30. The number of halogens is 1. The number of carbonyl (C=O) groups excluding carboxylic acids is 2. The van der Waals surface area contributed by atoms with Crippen molar-refractivity contribution in [2.24, 2.45) is 0 Å². The Kier molecular flexibility index (Phi) is 6.51. The first-order chi connectivity index (χ1) is 13.4. The molecule has 2 aromatic rings. The molecular formula is C20H23FN4O2S. The fourth-order valence-electron chi connectivity index (χ4n) is 3.04. The SMILES string of the molecule is Cc1cc(C)c2c(n1)SCCN2C(=O)NCCC(=O)NCc1ccc(F)cc1. The molecule has 0 unspecified atom stereocenters. The van der Waals surface area contributed by atoms with Gasteiger partial charge in [-0.2, -0.15) is 0 Å². The van der Waals surface area contributed by atoms with E-state index in [1.807, 2.05) is 19.9 Å². The molecule has 0 atom stereocenters. The number of hydrogen-bond acceptors (Lipinski definition) is 4. The number of nitrogens with zero attached hydrogens (tertiary/aromatic N) is 2. The smallest absolute Gasteiger partial charge is 0.322 e. The maximum Gasteiger partial charge on any atom is 0.322 e. The van der Waals surface area contributed by atoms with E-state index in [0.717, 1.165) is 33.3 Å². The van der Waals surface area contributed by atoms with Gasteiger partial charge in [0, 0.05) is 37.5 Å². The quantitative estimate of drug-likeness (QED) is 0.806. The summed E-state index contributed by atoms with van der Waals surface area (Å²) in [5.41, 5.74) is 3.62. The van der Waals surface area contributed by atoms with E-state index in [1.54, 1.807) is 28.8 Å². The minimum absolute atomic E-state index is 0.173. The molecule has 6 nitrogen and oxygen atoms in total. The number of nitrogens with one attached hydrogen (secondary N) is 2. The number of aryl methyl sites for hydroxylation is 2. The van der Waals surface area contributed by atoms with Crippen LogP contribution in [-0.2, 0) is 11.3 Å². The van der Waals surface area contributed by atoms with Crippen molar-refractivity contribution < 1.29 is 14.0 Å². The Balaban J connectivity index is 1.48. The fraction of sp³-hybridized carbons (Fsp3) is 0.350. The molecule has 1 aromatic heterocycles. The number of anilines is 1. The average Bonchev–Trinajstić information content (AvgIpc) is 2.66. The van der Waals surface area contributed by atoms with Crippen molar-refractivity contribution >= 4 is 29.4 Å². The molecular weight excluding hydrogens is 379 g/mol. The van der Waals surface area contributed by atoms with Crippen molar-refractivity contribution in [1.29, 1.82) is 0 Å². The molecule has 28 heavy (non-hydrogen) atoms. The number of urea groups is 1. The second kappa shape index (κ2) is 9.05. The lowest BCUT2D eigenvalue weighted by atomic mass is 10.2. The number of pyridine rings is 1. The third-order valence-electron chi connectivity index (χ3n) is 4.38. The Hall–Kier alpha value is -2.61. The van der Waals surface area contributed by atoms with Gasteiger partial charge in [0.2, 0.25) is 5.91 Å². The second-order valence-corrected chi connectivity index (χ2v) is 7.70. The van der Waals surface area contributed by atoms with Gasteiger partial charge in [0.1, 0.15) is 10.8 Å². The van der Waals surface area contributed by atoms with Gasteiger partial charge in [-0.3, -0.25) is 9.69 Å². The van der Waals surface area contributed by atoms with Gasteiger partial charge in [0.25, 0.3) is 0 Å². The minimum Gasteiger partial charge on any atom is -0.352 e. The minimum atomic E-state index is -0.309. The van der Waals surface area contributed by atoms with Crippen LogP contribution in [0.2, 0.25) is 0 Å². The molecule has 0 aliphatic carbocycles. The first kappa shape index (κ1) is 20.1. The van der Waals surface area contributed by atoms with Crippen LogP contribution in [0.25, 0.3) is 0 Å². The van der Waals surface area contributed by atoms with Crippen LogP contribution in [0.1, 0.15) is 23.2 Å². The maximum absolute atomic E-state index is 12.9. The van der Waals surface area contributed by atoms with Crippen molar-refractivity contribution in [1.82, 2.24) is 15.6 Å². The largest absolute Gasteiger partial charge is 0.352 e. The molecule has 8 heteroatoms. The third kappa shape index (κ3) is 5.01. The number of benzene rings is 1. The van der Waals surface area contributed by atoms with E-state index in [4.69, 9.17) is 0 Å². The number of aromatic nitrogens is 1. The number of rotatable bonds is 5. The molecule has 2 N–H and O–H groups in total. The summed E-state index contributed by atoms with van der Waals surface area (Å²) in [4.78, 5) is 30.8. The summed E-state index contributed by atoms with van der Waals surface area (Å²) in [7, 11) is 0. The van der Waals surface area contributed by atoms with E-state index in [2.05, 4.69) is 15.6 Å². The Morgan fingerprint density at radius 1 is 1.21 bits per heavy atom. The number of carbonyl (C=O) groups is 2. The molecule has 1 aliphatic rings. The lowest BCUT2D eigenvalue weighted by molar-refractivity contribution is -0.121. The van der Waals surface area contributed by atoms with Crippen LogP contribution in [0.15, 0.2) is 35.4 Å². The van der Waals surface area contributed by atoms with Crippen LogP contribution in [0.3, 0.4) is 0 Å². The Bertz CT molecular complexity index is 873. The summed E-state index contributed by atoms with van der Waals surface area (Å²) < 4.78 is 12.9. The molecule has 0 spiro atoms. The molecule has 1 aliphatic heterocycles. The molecule has 3 rings (SSSR count). The predicted molar refractivity (Wildman–Crippen MR) is 108 cm³/mol. The molecule has 3 amide bonds. The van der Waals surface area contributed by atoms with Crippen LogP contribution < -0.4 is 15.5 Å². The van der Waals surface area contributed by atoms with Crippen molar-refractivity contribution in [3.05, 3.63) is 53.0 Å². The standard InChI is InChI=1S/C20H23FN4O2S/c1-13-11-14(2)24-19-18(13)25(9-10-28-19)20(27)22-8-7-17(26)23-12-15-3-5-16(21)6-4-15/h3-6,11H,7-10,12H2,1-2H3,(H,22,27)(H,23,26). The van der Waals surface area contributed by atoms with Gasteiger partial charge in [0.05, 0.1) is 5.69 Å². The van der Waals surface area contributed by atoms with E-state index < -0.39 is 0 Å². The summed E-state index contributed by atoms with van der Waals surface area (Å²) >= 11 is 1.65. The Labute approximate surface area is 167 Å². The lowest BCUT2D eigenvalue weighted by Crippen LogP contribution is -2.44. The Morgan fingerprint density at radius 3 is 2.71 bits per heavy atom. The Morgan fingerprint density at radius 2 is 1.96 bits per heavy atom. The van der Waals surface area contributed by atoms with Crippen LogP contribution in [0, 0.1) is 19.7 Å².